The van der Waals surface area contributed by atoms with Crippen LogP contribution in [0.15, 0.2) is 42.6 Å². The molecular weight excluding hydrogens is 246 g/mol. The Hall–Kier alpha value is -2.36. The lowest BCUT2D eigenvalue weighted by Crippen LogP contribution is -1.93. The van der Waals surface area contributed by atoms with E-state index in [0.717, 1.165) is 17.0 Å². The highest BCUT2D eigenvalue weighted by Crippen LogP contribution is 2.25. The fourth-order valence-corrected chi connectivity index (χ4v) is 2.09. The molecule has 0 fully saturated rings. The second kappa shape index (κ2) is 4.39. The Labute approximate surface area is 108 Å². The SMILES string of the molecule is Cc1cc2cccnc2nc1-c1cc(F)cc(F)c1. The smallest absolute Gasteiger partial charge is 0.159 e. The van der Waals surface area contributed by atoms with E-state index in [1.54, 1.807) is 6.20 Å². The van der Waals surface area contributed by atoms with E-state index in [0.29, 0.717) is 16.9 Å². The molecule has 0 radical (unpaired) electrons. The molecule has 0 aliphatic heterocycles. The zero-order chi connectivity index (χ0) is 13.4. The molecule has 0 unspecified atom stereocenters. The average molecular weight is 256 g/mol. The number of fused-ring (bicyclic) bond motifs is 1. The van der Waals surface area contributed by atoms with Gasteiger partial charge in [-0.3, -0.25) is 0 Å². The summed E-state index contributed by atoms with van der Waals surface area (Å²) in [7, 11) is 0. The zero-order valence-corrected chi connectivity index (χ0v) is 10.2. The maximum atomic E-state index is 13.3. The van der Waals surface area contributed by atoms with Crippen molar-refractivity contribution in [2.75, 3.05) is 0 Å². The maximum Gasteiger partial charge on any atom is 0.159 e. The van der Waals surface area contributed by atoms with Crippen molar-refractivity contribution in [3.63, 3.8) is 0 Å². The van der Waals surface area contributed by atoms with Gasteiger partial charge in [0.1, 0.15) is 11.6 Å². The first kappa shape index (κ1) is 11.7. The molecule has 0 atom stereocenters. The van der Waals surface area contributed by atoms with Gasteiger partial charge in [-0.15, -0.1) is 0 Å². The minimum atomic E-state index is -0.614. The highest BCUT2D eigenvalue weighted by Gasteiger charge is 2.09. The summed E-state index contributed by atoms with van der Waals surface area (Å²) in [6.07, 6.45) is 1.64. The molecule has 0 saturated heterocycles. The number of hydrogen-bond acceptors (Lipinski definition) is 2. The van der Waals surface area contributed by atoms with Crippen LogP contribution in [0.3, 0.4) is 0 Å². The number of nitrogens with zero attached hydrogens (tertiary/aromatic N) is 2. The average Bonchev–Trinajstić information content (AvgIpc) is 2.36. The lowest BCUT2D eigenvalue weighted by Gasteiger charge is -2.07. The minimum Gasteiger partial charge on any atom is -0.237 e. The van der Waals surface area contributed by atoms with Gasteiger partial charge in [0.25, 0.3) is 0 Å². The number of pyridine rings is 2. The normalized spacial score (nSPS) is 10.9. The summed E-state index contributed by atoms with van der Waals surface area (Å²) in [5.74, 6) is -1.23. The summed E-state index contributed by atoms with van der Waals surface area (Å²) >= 11 is 0. The monoisotopic (exact) mass is 256 g/mol. The number of hydrogen-bond donors (Lipinski definition) is 0. The maximum absolute atomic E-state index is 13.3. The predicted molar refractivity (Wildman–Crippen MR) is 69.6 cm³/mol. The Morgan fingerprint density at radius 2 is 1.74 bits per heavy atom. The molecule has 2 nitrogen and oxygen atoms in total. The van der Waals surface area contributed by atoms with E-state index in [-0.39, 0.29) is 0 Å². The number of benzene rings is 1. The largest absolute Gasteiger partial charge is 0.237 e. The molecule has 0 N–H and O–H groups in total. The van der Waals surface area contributed by atoms with Crippen LogP contribution in [0, 0.1) is 18.6 Å². The van der Waals surface area contributed by atoms with Gasteiger partial charge in [0.15, 0.2) is 5.65 Å². The van der Waals surface area contributed by atoms with Crippen molar-refractivity contribution in [2.24, 2.45) is 0 Å². The van der Waals surface area contributed by atoms with E-state index in [1.165, 1.54) is 12.1 Å². The van der Waals surface area contributed by atoms with Crippen LogP contribution >= 0.6 is 0 Å². The van der Waals surface area contributed by atoms with E-state index in [4.69, 9.17) is 0 Å². The van der Waals surface area contributed by atoms with Crippen LogP contribution in [-0.4, -0.2) is 9.97 Å². The molecule has 3 rings (SSSR count). The van der Waals surface area contributed by atoms with E-state index in [2.05, 4.69) is 9.97 Å². The Morgan fingerprint density at radius 1 is 1.00 bits per heavy atom. The molecule has 0 amide bonds. The third kappa shape index (κ3) is 2.17. The number of aromatic nitrogens is 2. The quantitative estimate of drug-likeness (QED) is 0.660. The molecule has 0 bridgehead atoms. The molecule has 0 saturated carbocycles. The van der Waals surface area contributed by atoms with Crippen LogP contribution in [0.25, 0.3) is 22.3 Å². The Morgan fingerprint density at radius 3 is 2.47 bits per heavy atom. The van der Waals surface area contributed by atoms with Gasteiger partial charge in [0.2, 0.25) is 0 Å². The highest BCUT2D eigenvalue weighted by atomic mass is 19.1. The van der Waals surface area contributed by atoms with Crippen LogP contribution in [0.5, 0.6) is 0 Å². The van der Waals surface area contributed by atoms with Crippen molar-refractivity contribution < 1.29 is 8.78 Å². The van der Waals surface area contributed by atoms with E-state index < -0.39 is 11.6 Å². The molecule has 0 aliphatic rings. The first-order valence-corrected chi connectivity index (χ1v) is 5.82. The van der Waals surface area contributed by atoms with Gasteiger partial charge in [-0.25, -0.2) is 18.7 Å². The Kier molecular flexibility index (Phi) is 2.71. The fourth-order valence-electron chi connectivity index (χ4n) is 2.09. The first-order valence-electron chi connectivity index (χ1n) is 5.82. The zero-order valence-electron chi connectivity index (χ0n) is 10.2. The van der Waals surface area contributed by atoms with Gasteiger partial charge in [-0.2, -0.15) is 0 Å². The van der Waals surface area contributed by atoms with Crippen LogP contribution < -0.4 is 0 Å². The van der Waals surface area contributed by atoms with Gasteiger partial charge >= 0.3 is 0 Å². The van der Waals surface area contributed by atoms with Crippen molar-refractivity contribution in [2.45, 2.75) is 6.92 Å². The first-order chi connectivity index (χ1) is 9.13. The third-order valence-electron chi connectivity index (χ3n) is 2.92. The molecule has 1 aromatic carbocycles. The van der Waals surface area contributed by atoms with E-state index in [9.17, 15) is 8.78 Å². The lowest BCUT2D eigenvalue weighted by atomic mass is 10.1. The predicted octanol–water partition coefficient (Wildman–Crippen LogP) is 3.88. The Balaban J connectivity index is 2.26. The van der Waals surface area contributed by atoms with Crippen LogP contribution in [0.4, 0.5) is 8.78 Å². The molecule has 0 aliphatic carbocycles. The van der Waals surface area contributed by atoms with Crippen molar-refractivity contribution in [1.82, 2.24) is 9.97 Å². The number of aryl methyl sites for hydroxylation is 1. The standard InChI is InChI=1S/C15H10F2N2/c1-9-5-10-3-2-4-18-15(10)19-14(9)11-6-12(16)8-13(17)7-11/h2-8H,1H3. The summed E-state index contributed by atoms with van der Waals surface area (Å²) in [5, 5.41) is 0.903. The molecule has 4 heteroatoms. The van der Waals surface area contributed by atoms with Crippen LogP contribution in [0.2, 0.25) is 0 Å². The van der Waals surface area contributed by atoms with Gasteiger partial charge in [-0.05, 0) is 42.8 Å². The molecule has 2 heterocycles. The summed E-state index contributed by atoms with van der Waals surface area (Å²) < 4.78 is 26.6. The minimum absolute atomic E-state index is 0.419. The molecule has 2 aromatic heterocycles. The van der Waals surface area contributed by atoms with Crippen molar-refractivity contribution in [1.29, 1.82) is 0 Å². The van der Waals surface area contributed by atoms with E-state index >= 15 is 0 Å². The van der Waals surface area contributed by atoms with Crippen molar-refractivity contribution >= 4 is 11.0 Å². The second-order valence-corrected chi connectivity index (χ2v) is 4.36. The molecule has 0 spiro atoms. The summed E-state index contributed by atoms with van der Waals surface area (Å²) in [4.78, 5) is 8.54. The molecule has 3 aromatic rings. The summed E-state index contributed by atoms with van der Waals surface area (Å²) in [6, 6.07) is 9.02. The Bertz CT molecular complexity index is 749. The topological polar surface area (TPSA) is 25.8 Å². The molecular formula is C15H10F2N2. The van der Waals surface area contributed by atoms with Gasteiger partial charge in [0.05, 0.1) is 5.69 Å². The summed E-state index contributed by atoms with van der Waals surface area (Å²) in [5.41, 5.74) is 2.38. The molecule has 19 heavy (non-hydrogen) atoms. The third-order valence-corrected chi connectivity index (χ3v) is 2.92. The van der Waals surface area contributed by atoms with Gasteiger partial charge in [0, 0.05) is 23.2 Å². The lowest BCUT2D eigenvalue weighted by molar-refractivity contribution is 0.584. The second-order valence-electron chi connectivity index (χ2n) is 4.36. The number of halogens is 2. The highest BCUT2D eigenvalue weighted by molar-refractivity contribution is 5.80. The van der Waals surface area contributed by atoms with E-state index in [1.807, 2.05) is 25.1 Å². The van der Waals surface area contributed by atoms with Crippen LogP contribution in [0.1, 0.15) is 5.56 Å². The van der Waals surface area contributed by atoms with Crippen molar-refractivity contribution in [3.8, 4) is 11.3 Å². The van der Waals surface area contributed by atoms with Crippen LogP contribution in [-0.2, 0) is 0 Å². The van der Waals surface area contributed by atoms with Gasteiger partial charge < -0.3 is 0 Å². The molecule has 94 valence electrons. The van der Waals surface area contributed by atoms with Gasteiger partial charge in [-0.1, -0.05) is 0 Å². The fraction of sp³-hybridized carbons (Fsp3) is 0.0667. The summed E-state index contributed by atoms with van der Waals surface area (Å²) in [6.45, 7) is 1.86. The number of rotatable bonds is 1. The van der Waals surface area contributed by atoms with Crippen molar-refractivity contribution in [3.05, 3.63) is 59.8 Å².